The van der Waals surface area contributed by atoms with E-state index in [0.29, 0.717) is 5.25 Å². The van der Waals surface area contributed by atoms with Gasteiger partial charge in [0, 0.05) is 11.4 Å². The molecule has 0 N–H and O–H groups in total. The summed E-state index contributed by atoms with van der Waals surface area (Å²) in [6.45, 7) is 2.04. The Morgan fingerprint density at radius 3 is 2.91 bits per heavy atom. The number of thioether (sulfide) groups is 1. The van der Waals surface area contributed by atoms with Gasteiger partial charge in [-0.3, -0.25) is 0 Å². The van der Waals surface area contributed by atoms with Gasteiger partial charge in [-0.2, -0.15) is 20.9 Å². The van der Waals surface area contributed by atoms with Crippen molar-refractivity contribution in [2.75, 3.05) is 6.26 Å². The highest BCUT2D eigenvalue weighted by Gasteiger charge is 2.06. The van der Waals surface area contributed by atoms with E-state index in [9.17, 15) is 3.89 Å². The zero-order chi connectivity index (χ0) is 8.27. The van der Waals surface area contributed by atoms with Gasteiger partial charge in [0.1, 0.15) is 0 Å². The Balaban J connectivity index is 2.71. The van der Waals surface area contributed by atoms with Crippen LogP contribution in [0.2, 0.25) is 0 Å². The molecule has 1 atom stereocenters. The molecule has 0 fully saturated rings. The molecule has 0 aliphatic rings. The van der Waals surface area contributed by atoms with Gasteiger partial charge in [0.15, 0.2) is 12.3 Å². The molecule has 0 radical (unpaired) electrons. The smallest absolute Gasteiger partial charge is 0.184 e. The molecule has 1 rings (SSSR count). The SMILES string of the molecule is CSC(C)c1ccn(SF)n1. The molecule has 5 heteroatoms. The Labute approximate surface area is 74.0 Å². The van der Waals surface area contributed by atoms with Crippen LogP contribution in [0.15, 0.2) is 12.3 Å². The van der Waals surface area contributed by atoms with Crippen molar-refractivity contribution in [3.63, 3.8) is 0 Å². The predicted molar refractivity (Wildman–Crippen MR) is 48.3 cm³/mol. The van der Waals surface area contributed by atoms with Crippen molar-refractivity contribution >= 4 is 24.1 Å². The van der Waals surface area contributed by atoms with Crippen LogP contribution < -0.4 is 0 Å². The van der Waals surface area contributed by atoms with Crippen LogP contribution >= 0.6 is 24.1 Å². The average molecular weight is 192 g/mol. The van der Waals surface area contributed by atoms with E-state index in [0.717, 1.165) is 5.69 Å². The molecule has 1 aromatic heterocycles. The molecule has 0 aliphatic carbocycles. The highest BCUT2D eigenvalue weighted by Crippen LogP contribution is 2.24. The minimum absolute atomic E-state index is 0.114. The largest absolute Gasteiger partial charge is 0.187 e. The standard InChI is InChI=1S/C6H9FN2S2/c1-5(10-2)6-3-4-9(8-6)11-7/h3-5H,1-2H3. The van der Waals surface area contributed by atoms with Crippen molar-refractivity contribution < 1.29 is 3.89 Å². The van der Waals surface area contributed by atoms with E-state index < -0.39 is 0 Å². The summed E-state index contributed by atoms with van der Waals surface area (Å²) < 4.78 is 13.1. The van der Waals surface area contributed by atoms with Gasteiger partial charge in [-0.05, 0) is 19.2 Å². The Kier molecular flexibility index (Phi) is 3.26. The third-order valence-electron chi connectivity index (χ3n) is 1.43. The van der Waals surface area contributed by atoms with Crippen molar-refractivity contribution in [2.24, 2.45) is 0 Å². The lowest BCUT2D eigenvalue weighted by atomic mass is 10.3. The van der Waals surface area contributed by atoms with Gasteiger partial charge in [0.25, 0.3) is 0 Å². The molecule has 11 heavy (non-hydrogen) atoms. The molecular formula is C6H9FN2S2. The Bertz CT molecular complexity index is 226. The fourth-order valence-electron chi connectivity index (χ4n) is 0.697. The minimum Gasteiger partial charge on any atom is -0.184 e. The maximum absolute atomic E-state index is 11.9. The van der Waals surface area contributed by atoms with Crippen molar-refractivity contribution in [3.8, 4) is 0 Å². The van der Waals surface area contributed by atoms with Crippen LogP contribution in [0.5, 0.6) is 0 Å². The first-order valence-corrected chi connectivity index (χ1v) is 5.11. The fourth-order valence-corrected chi connectivity index (χ4v) is 1.30. The van der Waals surface area contributed by atoms with Crippen molar-refractivity contribution in [1.82, 2.24) is 9.19 Å². The molecule has 0 saturated carbocycles. The third-order valence-corrected chi connectivity index (χ3v) is 2.72. The highest BCUT2D eigenvalue weighted by molar-refractivity contribution is 7.98. The number of aromatic nitrogens is 2. The van der Waals surface area contributed by atoms with Crippen molar-refractivity contribution in [2.45, 2.75) is 12.2 Å². The van der Waals surface area contributed by atoms with Gasteiger partial charge in [0.05, 0.1) is 5.69 Å². The Hall–Kier alpha value is -0.160. The second-order valence-corrected chi connectivity index (χ2v) is 3.78. The van der Waals surface area contributed by atoms with E-state index in [2.05, 4.69) is 5.10 Å². The molecule has 0 spiro atoms. The maximum atomic E-state index is 11.9. The summed E-state index contributed by atoms with van der Waals surface area (Å²) >= 11 is 1.81. The van der Waals surface area contributed by atoms with E-state index in [-0.39, 0.29) is 12.3 Å². The van der Waals surface area contributed by atoms with Gasteiger partial charge in [-0.25, -0.2) is 0 Å². The molecule has 0 aromatic carbocycles. The molecule has 1 unspecified atom stereocenters. The van der Waals surface area contributed by atoms with Crippen molar-refractivity contribution in [3.05, 3.63) is 18.0 Å². The number of halogens is 1. The summed E-state index contributed by atoms with van der Waals surface area (Å²) in [7, 11) is 0. The van der Waals surface area contributed by atoms with Crippen LogP contribution in [0.4, 0.5) is 3.89 Å². The molecule has 0 aliphatic heterocycles. The summed E-state index contributed by atoms with van der Waals surface area (Å²) in [6.07, 6.45) is 3.62. The van der Waals surface area contributed by atoms with E-state index in [4.69, 9.17) is 0 Å². The Morgan fingerprint density at radius 2 is 2.45 bits per heavy atom. The van der Waals surface area contributed by atoms with Crippen LogP contribution in [0, 0.1) is 0 Å². The second kappa shape index (κ2) is 4.01. The Morgan fingerprint density at radius 1 is 1.73 bits per heavy atom. The number of hydrogen-bond acceptors (Lipinski definition) is 3. The fraction of sp³-hybridized carbons (Fsp3) is 0.500. The quantitative estimate of drug-likeness (QED) is 0.733. The molecule has 0 saturated heterocycles. The topological polar surface area (TPSA) is 17.8 Å². The molecule has 1 aromatic rings. The summed E-state index contributed by atoms with van der Waals surface area (Å²) in [5.74, 6) is 0. The molecule has 0 amide bonds. The zero-order valence-corrected chi connectivity index (χ0v) is 7.95. The highest BCUT2D eigenvalue weighted by atomic mass is 32.2. The van der Waals surface area contributed by atoms with E-state index in [1.54, 1.807) is 18.0 Å². The second-order valence-electron chi connectivity index (χ2n) is 2.09. The van der Waals surface area contributed by atoms with Gasteiger partial charge in [0.2, 0.25) is 0 Å². The molecule has 2 nitrogen and oxygen atoms in total. The first-order chi connectivity index (χ1) is 5.27. The number of nitrogens with zero attached hydrogens (tertiary/aromatic N) is 2. The molecule has 0 bridgehead atoms. The van der Waals surface area contributed by atoms with Gasteiger partial charge in [-0.15, -0.1) is 3.89 Å². The van der Waals surface area contributed by atoms with E-state index in [1.807, 2.05) is 19.2 Å². The predicted octanol–water partition coefficient (Wildman–Crippen LogP) is 2.69. The third kappa shape index (κ3) is 2.13. The number of rotatable bonds is 3. The molecule has 62 valence electrons. The molecule has 1 heterocycles. The van der Waals surface area contributed by atoms with Crippen molar-refractivity contribution in [1.29, 1.82) is 0 Å². The lowest BCUT2D eigenvalue weighted by molar-refractivity contribution is 0.856. The average Bonchev–Trinajstić information content (AvgIpc) is 2.50. The monoisotopic (exact) mass is 192 g/mol. The van der Waals surface area contributed by atoms with Crippen LogP contribution in [0.25, 0.3) is 0 Å². The lowest BCUT2D eigenvalue weighted by Crippen LogP contribution is -1.90. The van der Waals surface area contributed by atoms with Gasteiger partial charge < -0.3 is 0 Å². The maximum Gasteiger partial charge on any atom is 0.187 e. The van der Waals surface area contributed by atoms with Gasteiger partial charge >= 0.3 is 0 Å². The first-order valence-electron chi connectivity index (χ1n) is 3.15. The van der Waals surface area contributed by atoms with E-state index in [1.165, 1.54) is 4.09 Å². The zero-order valence-electron chi connectivity index (χ0n) is 6.32. The van der Waals surface area contributed by atoms with Crippen LogP contribution in [0.3, 0.4) is 0 Å². The van der Waals surface area contributed by atoms with Gasteiger partial charge in [-0.1, -0.05) is 0 Å². The van der Waals surface area contributed by atoms with Crippen LogP contribution in [-0.4, -0.2) is 15.4 Å². The van der Waals surface area contributed by atoms with Crippen LogP contribution in [0.1, 0.15) is 17.9 Å². The summed E-state index contributed by atoms with van der Waals surface area (Å²) in [5, 5.41) is 4.32. The lowest BCUT2D eigenvalue weighted by Gasteiger charge is -2.01. The summed E-state index contributed by atoms with van der Waals surface area (Å²) in [5.41, 5.74) is 0.919. The first kappa shape index (κ1) is 8.93. The minimum atomic E-state index is 0.114. The van der Waals surface area contributed by atoms with E-state index >= 15 is 0 Å². The summed E-state index contributed by atoms with van der Waals surface area (Å²) in [6, 6.07) is 1.83. The normalized spacial score (nSPS) is 13.4. The molecular weight excluding hydrogens is 183 g/mol. The summed E-state index contributed by atoms with van der Waals surface area (Å²) in [4.78, 5) is 0. The number of hydrogen-bond donors (Lipinski definition) is 0. The van der Waals surface area contributed by atoms with Crippen LogP contribution in [-0.2, 0) is 0 Å².